The zero-order valence-electron chi connectivity index (χ0n) is 17.8. The number of fused-ring (bicyclic) bond motifs is 1. The van der Waals surface area contributed by atoms with Crippen LogP contribution in [0.3, 0.4) is 0 Å². The Labute approximate surface area is 177 Å². The summed E-state index contributed by atoms with van der Waals surface area (Å²) in [7, 11) is 0. The molecule has 1 aromatic rings. The van der Waals surface area contributed by atoms with Crippen molar-refractivity contribution in [3.8, 4) is 0 Å². The van der Waals surface area contributed by atoms with E-state index in [2.05, 4.69) is 5.32 Å². The van der Waals surface area contributed by atoms with Crippen LogP contribution in [0.15, 0.2) is 30.3 Å². The molecule has 1 aliphatic carbocycles. The first-order valence-corrected chi connectivity index (χ1v) is 10.9. The van der Waals surface area contributed by atoms with Crippen molar-refractivity contribution < 1.29 is 24.2 Å². The molecule has 0 spiro atoms. The maximum Gasteiger partial charge on any atom is 0.326 e. The van der Waals surface area contributed by atoms with E-state index in [-0.39, 0.29) is 30.4 Å². The lowest BCUT2D eigenvalue weighted by Crippen LogP contribution is -2.55. The highest BCUT2D eigenvalue weighted by Crippen LogP contribution is 2.41. The number of carboxylic acid groups (broad SMARTS) is 1. The zero-order valence-corrected chi connectivity index (χ0v) is 17.8. The number of hydrogen-bond donors (Lipinski definition) is 2. The third kappa shape index (κ3) is 5.01. The molecule has 1 saturated heterocycles. The number of aliphatic carboxylic acids is 1. The summed E-state index contributed by atoms with van der Waals surface area (Å²) in [5.41, 5.74) is 1.10. The van der Waals surface area contributed by atoms with Crippen LogP contribution in [-0.2, 0) is 25.5 Å². The third-order valence-electron chi connectivity index (χ3n) is 6.33. The molecule has 1 saturated carbocycles. The summed E-state index contributed by atoms with van der Waals surface area (Å²) in [6, 6.07) is 7.76. The Bertz CT molecular complexity index is 753. The third-order valence-corrected chi connectivity index (χ3v) is 6.33. The summed E-state index contributed by atoms with van der Waals surface area (Å²) >= 11 is 0. The maximum absolute atomic E-state index is 13.2. The molecule has 0 aromatic heterocycles. The van der Waals surface area contributed by atoms with Gasteiger partial charge in [-0.1, -0.05) is 36.8 Å². The van der Waals surface area contributed by atoms with Gasteiger partial charge in [-0.2, -0.15) is 0 Å². The molecule has 0 radical (unpaired) electrons. The smallest absolute Gasteiger partial charge is 0.326 e. The number of benzene rings is 1. The van der Waals surface area contributed by atoms with Crippen LogP contribution < -0.4 is 5.32 Å². The lowest BCUT2D eigenvalue weighted by Gasteiger charge is -2.31. The summed E-state index contributed by atoms with van der Waals surface area (Å²) in [4.78, 5) is 39.1. The number of rotatable bonds is 9. The van der Waals surface area contributed by atoms with E-state index in [1.807, 2.05) is 30.3 Å². The monoisotopic (exact) mass is 416 g/mol. The quantitative estimate of drug-likeness (QED) is 0.600. The molecule has 7 heteroatoms. The van der Waals surface area contributed by atoms with Crippen molar-refractivity contribution in [3.63, 3.8) is 0 Å². The molecule has 1 amide bonds. The van der Waals surface area contributed by atoms with E-state index in [1.165, 1.54) is 0 Å². The predicted octanol–water partition coefficient (Wildman–Crippen LogP) is 2.38. The van der Waals surface area contributed by atoms with Crippen LogP contribution in [0, 0.1) is 5.92 Å². The number of nitrogens with one attached hydrogen (secondary N) is 1. The van der Waals surface area contributed by atoms with Crippen molar-refractivity contribution in [3.05, 3.63) is 35.9 Å². The average Bonchev–Trinajstić information content (AvgIpc) is 3.32. The number of carboxylic acids is 1. The van der Waals surface area contributed by atoms with Gasteiger partial charge in [0.25, 0.3) is 0 Å². The standard InChI is InChI=1S/C23H32N2O5/c1-3-30-23(29)18(13-12-16-8-5-4-6-9-16)24-15(2)21(26)25-19-11-7-10-17(19)14-20(25)22(27)28/h4-6,8-9,15,17-20,24H,3,7,10-14H2,1-2H3,(H,27,28)/t15-,17-,18-,19+,20-/m0/s1. The second kappa shape index (κ2) is 10.1. The zero-order chi connectivity index (χ0) is 21.7. The Morgan fingerprint density at radius 1 is 1.23 bits per heavy atom. The van der Waals surface area contributed by atoms with Crippen LogP contribution in [0.2, 0.25) is 0 Å². The van der Waals surface area contributed by atoms with E-state index in [0.717, 1.165) is 24.8 Å². The Balaban J connectivity index is 1.68. The Kier molecular flexibility index (Phi) is 7.48. The summed E-state index contributed by atoms with van der Waals surface area (Å²) in [6.45, 7) is 3.72. The second-order valence-electron chi connectivity index (χ2n) is 8.31. The van der Waals surface area contributed by atoms with E-state index in [4.69, 9.17) is 4.74 Å². The number of hydrogen-bond acceptors (Lipinski definition) is 5. The Morgan fingerprint density at radius 2 is 1.97 bits per heavy atom. The number of aryl methyl sites for hydroxylation is 1. The van der Waals surface area contributed by atoms with Crippen LogP contribution >= 0.6 is 0 Å². The molecule has 1 aromatic carbocycles. The maximum atomic E-state index is 13.2. The molecule has 0 unspecified atom stereocenters. The molecule has 2 aliphatic rings. The van der Waals surface area contributed by atoms with Gasteiger partial charge in [-0.25, -0.2) is 4.79 Å². The minimum atomic E-state index is -0.948. The normalized spacial score (nSPS) is 24.9. The lowest BCUT2D eigenvalue weighted by molar-refractivity contribution is -0.151. The molecule has 2 fully saturated rings. The molecule has 7 nitrogen and oxygen atoms in total. The van der Waals surface area contributed by atoms with E-state index >= 15 is 0 Å². The molecule has 1 aliphatic heterocycles. The lowest BCUT2D eigenvalue weighted by atomic mass is 10.0. The summed E-state index contributed by atoms with van der Waals surface area (Å²) in [5, 5.41) is 12.8. The Hall–Kier alpha value is -2.41. The number of amides is 1. The Morgan fingerprint density at radius 3 is 2.63 bits per heavy atom. The predicted molar refractivity (Wildman–Crippen MR) is 112 cm³/mol. The fraction of sp³-hybridized carbons (Fsp3) is 0.609. The summed E-state index contributed by atoms with van der Waals surface area (Å²) in [6.07, 6.45) is 4.54. The average molecular weight is 417 g/mol. The van der Waals surface area contributed by atoms with Crippen molar-refractivity contribution in [2.75, 3.05) is 6.61 Å². The van der Waals surface area contributed by atoms with Crippen molar-refractivity contribution in [2.24, 2.45) is 5.92 Å². The molecular weight excluding hydrogens is 384 g/mol. The van der Waals surface area contributed by atoms with Gasteiger partial charge in [0, 0.05) is 6.04 Å². The second-order valence-corrected chi connectivity index (χ2v) is 8.31. The minimum absolute atomic E-state index is 0.00629. The van der Waals surface area contributed by atoms with Gasteiger partial charge in [-0.15, -0.1) is 0 Å². The molecule has 30 heavy (non-hydrogen) atoms. The molecular formula is C23H32N2O5. The van der Waals surface area contributed by atoms with E-state index in [1.54, 1.807) is 18.7 Å². The molecule has 0 bridgehead atoms. The first-order chi connectivity index (χ1) is 14.4. The topological polar surface area (TPSA) is 95.9 Å². The number of carbonyl (C=O) groups excluding carboxylic acids is 2. The van der Waals surface area contributed by atoms with Gasteiger partial charge >= 0.3 is 11.9 Å². The molecule has 164 valence electrons. The summed E-state index contributed by atoms with van der Waals surface area (Å²) in [5.74, 6) is -1.31. The van der Waals surface area contributed by atoms with Crippen LogP contribution in [0.4, 0.5) is 0 Å². The molecule has 2 N–H and O–H groups in total. The highest BCUT2D eigenvalue weighted by molar-refractivity contribution is 5.88. The molecule has 3 rings (SSSR count). The van der Waals surface area contributed by atoms with Gasteiger partial charge < -0.3 is 14.7 Å². The first kappa shape index (κ1) is 22.3. The van der Waals surface area contributed by atoms with Crippen LogP contribution in [0.1, 0.15) is 51.5 Å². The van der Waals surface area contributed by atoms with Crippen LogP contribution in [0.25, 0.3) is 0 Å². The van der Waals surface area contributed by atoms with Gasteiger partial charge in [0.05, 0.1) is 12.6 Å². The van der Waals surface area contributed by atoms with Gasteiger partial charge in [-0.3, -0.25) is 14.9 Å². The largest absolute Gasteiger partial charge is 0.480 e. The molecule has 5 atom stereocenters. The van der Waals surface area contributed by atoms with E-state index in [9.17, 15) is 19.5 Å². The van der Waals surface area contributed by atoms with E-state index in [0.29, 0.717) is 19.3 Å². The van der Waals surface area contributed by atoms with Crippen molar-refractivity contribution >= 4 is 17.8 Å². The van der Waals surface area contributed by atoms with Crippen LogP contribution in [-0.4, -0.2) is 58.6 Å². The molecule has 1 heterocycles. The fourth-order valence-electron chi connectivity index (χ4n) is 4.89. The summed E-state index contributed by atoms with van der Waals surface area (Å²) < 4.78 is 5.21. The number of likely N-dealkylation sites (tertiary alicyclic amines) is 1. The van der Waals surface area contributed by atoms with Gasteiger partial charge in [0.1, 0.15) is 12.1 Å². The fourth-order valence-corrected chi connectivity index (χ4v) is 4.89. The van der Waals surface area contributed by atoms with Crippen molar-refractivity contribution in [2.45, 2.75) is 76.5 Å². The highest BCUT2D eigenvalue weighted by atomic mass is 16.5. The van der Waals surface area contributed by atoms with Gasteiger partial charge in [-0.05, 0) is 57.4 Å². The number of carbonyl (C=O) groups is 3. The SMILES string of the molecule is CCOC(=O)[C@H](CCc1ccccc1)N[C@@H](C)C(=O)N1[C@@H]2CCC[C@H]2C[C@H]1C(=O)O. The van der Waals surface area contributed by atoms with Crippen LogP contribution in [0.5, 0.6) is 0 Å². The minimum Gasteiger partial charge on any atom is -0.480 e. The number of esters is 1. The number of nitrogens with zero attached hydrogens (tertiary/aromatic N) is 1. The number of ether oxygens (including phenoxy) is 1. The van der Waals surface area contributed by atoms with Gasteiger partial charge in [0.2, 0.25) is 5.91 Å². The van der Waals surface area contributed by atoms with Gasteiger partial charge in [0.15, 0.2) is 0 Å². The first-order valence-electron chi connectivity index (χ1n) is 10.9. The van der Waals surface area contributed by atoms with Crippen molar-refractivity contribution in [1.82, 2.24) is 10.2 Å². The van der Waals surface area contributed by atoms with E-state index < -0.39 is 24.1 Å². The van der Waals surface area contributed by atoms with Crippen molar-refractivity contribution in [1.29, 1.82) is 0 Å². The highest BCUT2D eigenvalue weighted by Gasteiger charge is 2.49.